The molecule has 2 N–H and O–H groups in total. The predicted molar refractivity (Wildman–Crippen MR) is 76.4 cm³/mol. The molecule has 2 aromatic carbocycles. The van der Waals surface area contributed by atoms with Gasteiger partial charge in [0.15, 0.2) is 0 Å². The summed E-state index contributed by atoms with van der Waals surface area (Å²) in [5.41, 5.74) is 2.16. The Hall–Kier alpha value is -2.16. The highest BCUT2D eigenvalue weighted by Gasteiger charge is 1.99. The van der Waals surface area contributed by atoms with E-state index in [1.165, 1.54) is 0 Å². The van der Waals surface area contributed by atoms with Crippen LogP contribution in [-0.2, 0) is 0 Å². The quantitative estimate of drug-likeness (QED) is 0.763. The maximum absolute atomic E-state index is 5.28. The maximum atomic E-state index is 5.28. The lowest BCUT2D eigenvalue weighted by Crippen LogP contribution is -2.13. The first-order valence-electron chi connectivity index (χ1n) is 6.06. The van der Waals surface area contributed by atoms with Crippen LogP contribution in [0.4, 0.5) is 11.4 Å². The zero-order valence-corrected chi connectivity index (χ0v) is 10.5. The Morgan fingerprint density at radius 2 is 1.50 bits per heavy atom. The van der Waals surface area contributed by atoms with Gasteiger partial charge in [-0.25, -0.2) is 0 Å². The van der Waals surface area contributed by atoms with Crippen molar-refractivity contribution < 1.29 is 4.74 Å². The Morgan fingerprint density at radius 3 is 2.28 bits per heavy atom. The van der Waals surface area contributed by atoms with Crippen molar-refractivity contribution in [2.24, 2.45) is 0 Å². The fourth-order valence-electron chi connectivity index (χ4n) is 1.75. The Labute approximate surface area is 108 Å². The fraction of sp³-hybridized carbons (Fsp3) is 0.200. The van der Waals surface area contributed by atoms with Gasteiger partial charge >= 0.3 is 0 Å². The molecule has 3 nitrogen and oxygen atoms in total. The zero-order chi connectivity index (χ0) is 12.6. The number of benzene rings is 2. The van der Waals surface area contributed by atoms with E-state index in [0.717, 1.165) is 30.2 Å². The largest absolute Gasteiger partial charge is 0.495 e. The Morgan fingerprint density at radius 1 is 0.833 bits per heavy atom. The van der Waals surface area contributed by atoms with E-state index in [9.17, 15) is 0 Å². The van der Waals surface area contributed by atoms with Gasteiger partial charge in [0, 0.05) is 18.8 Å². The third kappa shape index (κ3) is 3.42. The van der Waals surface area contributed by atoms with Crippen LogP contribution in [-0.4, -0.2) is 20.2 Å². The van der Waals surface area contributed by atoms with Crippen molar-refractivity contribution in [3.63, 3.8) is 0 Å². The Balaban J connectivity index is 1.78. The van der Waals surface area contributed by atoms with Crippen LogP contribution < -0.4 is 15.4 Å². The van der Waals surface area contributed by atoms with E-state index >= 15 is 0 Å². The van der Waals surface area contributed by atoms with Gasteiger partial charge in [-0.05, 0) is 24.3 Å². The minimum atomic E-state index is 0.843. The van der Waals surface area contributed by atoms with Crippen molar-refractivity contribution >= 4 is 11.4 Å². The number of hydrogen-bond acceptors (Lipinski definition) is 3. The summed E-state index contributed by atoms with van der Waals surface area (Å²) in [5.74, 6) is 0.872. The molecule has 0 aliphatic rings. The second-order valence-corrected chi connectivity index (χ2v) is 3.92. The molecule has 0 unspecified atom stereocenters. The number of para-hydroxylation sites is 3. The average Bonchev–Trinajstić information content (AvgIpc) is 2.45. The van der Waals surface area contributed by atoms with Crippen LogP contribution in [0, 0.1) is 0 Å². The molecule has 0 saturated heterocycles. The third-order valence-corrected chi connectivity index (χ3v) is 2.65. The summed E-state index contributed by atoms with van der Waals surface area (Å²) in [6.07, 6.45) is 0. The van der Waals surface area contributed by atoms with Gasteiger partial charge in [0.25, 0.3) is 0 Å². The lowest BCUT2D eigenvalue weighted by molar-refractivity contribution is 0.416. The molecule has 3 heteroatoms. The highest BCUT2D eigenvalue weighted by atomic mass is 16.5. The van der Waals surface area contributed by atoms with Crippen LogP contribution in [0.5, 0.6) is 5.75 Å². The number of hydrogen-bond donors (Lipinski definition) is 2. The molecule has 0 saturated carbocycles. The van der Waals surface area contributed by atoms with Gasteiger partial charge in [0.05, 0.1) is 12.8 Å². The van der Waals surface area contributed by atoms with E-state index in [1.54, 1.807) is 7.11 Å². The summed E-state index contributed by atoms with van der Waals surface area (Å²) < 4.78 is 5.28. The monoisotopic (exact) mass is 242 g/mol. The molecule has 2 rings (SSSR count). The summed E-state index contributed by atoms with van der Waals surface area (Å²) >= 11 is 0. The van der Waals surface area contributed by atoms with Crippen molar-refractivity contribution in [3.05, 3.63) is 54.6 Å². The number of rotatable bonds is 6. The smallest absolute Gasteiger partial charge is 0.141 e. The highest BCUT2D eigenvalue weighted by Crippen LogP contribution is 2.22. The lowest BCUT2D eigenvalue weighted by Gasteiger charge is -2.11. The number of nitrogens with one attached hydrogen (secondary N) is 2. The van der Waals surface area contributed by atoms with Gasteiger partial charge in [-0.3, -0.25) is 0 Å². The summed E-state index contributed by atoms with van der Waals surface area (Å²) in [6.45, 7) is 1.71. The molecule has 0 heterocycles. The van der Waals surface area contributed by atoms with Crippen LogP contribution in [0.15, 0.2) is 54.6 Å². The van der Waals surface area contributed by atoms with Crippen LogP contribution in [0.3, 0.4) is 0 Å². The van der Waals surface area contributed by atoms with Crippen molar-refractivity contribution in [1.82, 2.24) is 0 Å². The van der Waals surface area contributed by atoms with Crippen LogP contribution in [0.1, 0.15) is 0 Å². The predicted octanol–water partition coefficient (Wildman–Crippen LogP) is 3.22. The highest BCUT2D eigenvalue weighted by molar-refractivity contribution is 5.56. The standard InChI is InChI=1S/C15H18N2O/c1-18-15-10-6-5-9-14(15)17-12-11-16-13-7-3-2-4-8-13/h2-10,16-17H,11-12H2,1H3. The van der Waals surface area contributed by atoms with E-state index in [2.05, 4.69) is 22.8 Å². The van der Waals surface area contributed by atoms with Gasteiger partial charge in [-0.2, -0.15) is 0 Å². The molecular weight excluding hydrogens is 224 g/mol. The number of methoxy groups -OCH3 is 1. The normalized spacial score (nSPS) is 9.83. The molecule has 0 aromatic heterocycles. The molecule has 0 aliphatic carbocycles. The molecule has 0 aliphatic heterocycles. The molecule has 0 spiro atoms. The van der Waals surface area contributed by atoms with Crippen LogP contribution in [0.25, 0.3) is 0 Å². The van der Waals surface area contributed by atoms with Gasteiger partial charge in [0.2, 0.25) is 0 Å². The van der Waals surface area contributed by atoms with Gasteiger partial charge in [-0.15, -0.1) is 0 Å². The molecule has 0 fully saturated rings. The lowest BCUT2D eigenvalue weighted by atomic mass is 10.3. The Kier molecular flexibility index (Phi) is 4.47. The van der Waals surface area contributed by atoms with E-state index < -0.39 is 0 Å². The van der Waals surface area contributed by atoms with E-state index in [1.807, 2.05) is 42.5 Å². The summed E-state index contributed by atoms with van der Waals surface area (Å²) in [7, 11) is 1.68. The average molecular weight is 242 g/mol. The van der Waals surface area contributed by atoms with Crippen LogP contribution >= 0.6 is 0 Å². The minimum absolute atomic E-state index is 0.843. The first-order chi connectivity index (χ1) is 8.90. The molecular formula is C15H18N2O. The molecule has 0 amide bonds. The van der Waals surface area contributed by atoms with Crippen LogP contribution in [0.2, 0.25) is 0 Å². The van der Waals surface area contributed by atoms with E-state index in [0.29, 0.717) is 0 Å². The van der Waals surface area contributed by atoms with E-state index in [4.69, 9.17) is 4.74 Å². The SMILES string of the molecule is COc1ccccc1NCCNc1ccccc1. The summed E-state index contributed by atoms with van der Waals surface area (Å²) in [6, 6.07) is 18.1. The fourth-order valence-corrected chi connectivity index (χ4v) is 1.75. The second-order valence-electron chi connectivity index (χ2n) is 3.92. The van der Waals surface area contributed by atoms with Crippen molar-refractivity contribution in [2.45, 2.75) is 0 Å². The van der Waals surface area contributed by atoms with Gasteiger partial charge < -0.3 is 15.4 Å². The summed E-state index contributed by atoms with van der Waals surface area (Å²) in [4.78, 5) is 0. The zero-order valence-electron chi connectivity index (χ0n) is 10.5. The van der Waals surface area contributed by atoms with Crippen molar-refractivity contribution in [3.8, 4) is 5.75 Å². The topological polar surface area (TPSA) is 33.3 Å². The molecule has 18 heavy (non-hydrogen) atoms. The van der Waals surface area contributed by atoms with Gasteiger partial charge in [-0.1, -0.05) is 30.3 Å². The first kappa shape index (κ1) is 12.3. The molecule has 0 bridgehead atoms. The Bertz CT molecular complexity index is 471. The molecule has 0 atom stereocenters. The summed E-state index contributed by atoms with van der Waals surface area (Å²) in [5, 5.41) is 6.70. The van der Waals surface area contributed by atoms with Gasteiger partial charge in [0.1, 0.15) is 5.75 Å². The van der Waals surface area contributed by atoms with Crippen molar-refractivity contribution in [1.29, 1.82) is 0 Å². The number of anilines is 2. The van der Waals surface area contributed by atoms with E-state index in [-0.39, 0.29) is 0 Å². The number of ether oxygens (including phenoxy) is 1. The molecule has 0 radical (unpaired) electrons. The maximum Gasteiger partial charge on any atom is 0.141 e. The first-order valence-corrected chi connectivity index (χ1v) is 6.06. The molecule has 2 aromatic rings. The second kappa shape index (κ2) is 6.55. The molecule has 94 valence electrons. The minimum Gasteiger partial charge on any atom is -0.495 e. The van der Waals surface area contributed by atoms with Crippen molar-refractivity contribution in [2.75, 3.05) is 30.8 Å². The third-order valence-electron chi connectivity index (χ3n) is 2.65.